The van der Waals surface area contributed by atoms with Gasteiger partial charge >= 0.3 is 0 Å². The highest BCUT2D eigenvalue weighted by Crippen LogP contribution is 2.24. The van der Waals surface area contributed by atoms with Crippen LogP contribution >= 0.6 is 11.6 Å². The van der Waals surface area contributed by atoms with Crippen molar-refractivity contribution >= 4 is 29.2 Å². The number of piperazine rings is 1. The Kier molecular flexibility index (Phi) is 5.24. The fraction of sp³-hybridized carbons (Fsp3) is 0.471. The van der Waals surface area contributed by atoms with Crippen molar-refractivity contribution in [1.29, 1.82) is 0 Å². The third kappa shape index (κ3) is 4.11. The molecule has 1 saturated heterocycles. The monoisotopic (exact) mass is 361 g/mol. The molecule has 1 aliphatic heterocycles. The second-order valence-corrected chi connectivity index (χ2v) is 6.86. The molecule has 2 aromatic rings. The molecule has 3 rings (SSSR count). The van der Waals surface area contributed by atoms with Crippen LogP contribution in [0.1, 0.15) is 18.8 Å². The summed E-state index contributed by atoms with van der Waals surface area (Å²) in [7, 11) is 3.79. The third-order valence-electron chi connectivity index (χ3n) is 4.47. The molecule has 0 aliphatic carbocycles. The quantitative estimate of drug-likeness (QED) is 0.893. The maximum Gasteiger partial charge on any atom is 0.229 e. The van der Waals surface area contributed by atoms with E-state index in [1.165, 1.54) is 5.69 Å². The SMILES string of the molecule is C[C@@H](c1nc(N)nc(N(C)C)n1)N1CCN(c2cccc(Cl)c2)CC1. The van der Waals surface area contributed by atoms with E-state index in [0.29, 0.717) is 11.8 Å². The second kappa shape index (κ2) is 7.41. The number of hydrogen-bond donors (Lipinski definition) is 1. The molecule has 134 valence electrons. The van der Waals surface area contributed by atoms with Crippen LogP contribution in [-0.2, 0) is 0 Å². The molecule has 0 spiro atoms. The lowest BCUT2D eigenvalue weighted by atomic mass is 10.2. The number of halogens is 1. The van der Waals surface area contributed by atoms with Crippen LogP contribution in [0.15, 0.2) is 24.3 Å². The minimum atomic E-state index is 0.0884. The van der Waals surface area contributed by atoms with Gasteiger partial charge in [0, 0.05) is 51.0 Å². The summed E-state index contributed by atoms with van der Waals surface area (Å²) in [6.07, 6.45) is 0. The molecule has 8 heteroatoms. The lowest BCUT2D eigenvalue weighted by Crippen LogP contribution is -2.47. The van der Waals surface area contributed by atoms with Gasteiger partial charge in [0.15, 0.2) is 5.82 Å². The van der Waals surface area contributed by atoms with Gasteiger partial charge in [0.25, 0.3) is 0 Å². The van der Waals surface area contributed by atoms with Gasteiger partial charge in [-0.05, 0) is 25.1 Å². The number of hydrogen-bond acceptors (Lipinski definition) is 7. The summed E-state index contributed by atoms with van der Waals surface area (Å²) in [5, 5.41) is 0.769. The fourth-order valence-corrected chi connectivity index (χ4v) is 3.17. The molecule has 0 unspecified atom stereocenters. The van der Waals surface area contributed by atoms with E-state index in [1.54, 1.807) is 0 Å². The number of nitrogens with two attached hydrogens (primary N) is 1. The Hall–Kier alpha value is -2.12. The zero-order valence-electron chi connectivity index (χ0n) is 14.9. The molecule has 0 bridgehead atoms. The lowest BCUT2D eigenvalue weighted by Gasteiger charge is -2.38. The van der Waals surface area contributed by atoms with Gasteiger partial charge in [-0.25, -0.2) is 0 Å². The summed E-state index contributed by atoms with van der Waals surface area (Å²) >= 11 is 6.10. The lowest BCUT2D eigenvalue weighted by molar-refractivity contribution is 0.191. The predicted octanol–water partition coefficient (Wildman–Crippen LogP) is 2.06. The van der Waals surface area contributed by atoms with E-state index >= 15 is 0 Å². The standard InChI is InChI=1S/C17H24ClN7/c1-12(15-20-16(19)22-17(21-15)23(2)3)24-7-9-25(10-8-24)14-6-4-5-13(18)11-14/h4-6,11-12H,7-10H2,1-3H3,(H2,19,20,21,22)/t12-/m0/s1. The topological polar surface area (TPSA) is 74.4 Å². The summed E-state index contributed by atoms with van der Waals surface area (Å²) in [4.78, 5) is 19.6. The van der Waals surface area contributed by atoms with Crippen LogP contribution in [0.3, 0.4) is 0 Å². The Labute approximate surface area is 153 Å². The van der Waals surface area contributed by atoms with Crippen molar-refractivity contribution in [3.63, 3.8) is 0 Å². The molecular formula is C17H24ClN7. The molecule has 0 saturated carbocycles. The summed E-state index contributed by atoms with van der Waals surface area (Å²) < 4.78 is 0. The number of nitrogens with zero attached hydrogens (tertiary/aromatic N) is 6. The van der Waals surface area contributed by atoms with Crippen LogP contribution in [0.2, 0.25) is 5.02 Å². The molecule has 1 aromatic heterocycles. The number of nitrogen functional groups attached to an aromatic ring is 1. The molecule has 2 heterocycles. The van der Waals surface area contributed by atoms with Crippen molar-refractivity contribution < 1.29 is 0 Å². The highest BCUT2D eigenvalue weighted by Gasteiger charge is 2.25. The van der Waals surface area contributed by atoms with Crippen LogP contribution in [0.5, 0.6) is 0 Å². The van der Waals surface area contributed by atoms with Crippen molar-refractivity contribution in [2.75, 3.05) is 55.8 Å². The zero-order chi connectivity index (χ0) is 18.0. The van der Waals surface area contributed by atoms with E-state index < -0.39 is 0 Å². The average molecular weight is 362 g/mol. The van der Waals surface area contributed by atoms with E-state index in [1.807, 2.05) is 37.2 Å². The van der Waals surface area contributed by atoms with Gasteiger partial charge in [-0.15, -0.1) is 0 Å². The second-order valence-electron chi connectivity index (χ2n) is 6.43. The van der Waals surface area contributed by atoms with Crippen LogP contribution in [0.25, 0.3) is 0 Å². The largest absolute Gasteiger partial charge is 0.369 e. The fourth-order valence-electron chi connectivity index (χ4n) is 2.99. The van der Waals surface area contributed by atoms with E-state index in [0.717, 1.165) is 31.2 Å². The first kappa shape index (κ1) is 17.7. The Bertz CT molecular complexity index is 729. The van der Waals surface area contributed by atoms with Crippen LogP contribution < -0.4 is 15.5 Å². The van der Waals surface area contributed by atoms with Crippen molar-refractivity contribution in [3.8, 4) is 0 Å². The summed E-state index contributed by atoms with van der Waals surface area (Å²) in [6, 6.07) is 8.09. The molecule has 2 N–H and O–H groups in total. The number of aromatic nitrogens is 3. The molecule has 1 aromatic carbocycles. The predicted molar refractivity (Wildman–Crippen MR) is 102 cm³/mol. The molecule has 1 aliphatic rings. The van der Waals surface area contributed by atoms with Gasteiger partial charge in [-0.2, -0.15) is 15.0 Å². The Morgan fingerprint density at radius 1 is 1.12 bits per heavy atom. The van der Waals surface area contributed by atoms with E-state index in [9.17, 15) is 0 Å². The van der Waals surface area contributed by atoms with Gasteiger partial charge < -0.3 is 15.5 Å². The Morgan fingerprint density at radius 3 is 2.48 bits per heavy atom. The van der Waals surface area contributed by atoms with Gasteiger partial charge in [-0.1, -0.05) is 17.7 Å². The molecule has 0 amide bonds. The van der Waals surface area contributed by atoms with Crippen molar-refractivity contribution in [2.45, 2.75) is 13.0 Å². The van der Waals surface area contributed by atoms with E-state index in [-0.39, 0.29) is 12.0 Å². The molecular weight excluding hydrogens is 338 g/mol. The van der Waals surface area contributed by atoms with Gasteiger partial charge in [0.1, 0.15) is 0 Å². The first-order valence-corrected chi connectivity index (χ1v) is 8.75. The van der Waals surface area contributed by atoms with E-state index in [4.69, 9.17) is 17.3 Å². The molecule has 1 atom stereocenters. The summed E-state index contributed by atoms with van der Waals surface area (Å²) in [5.74, 6) is 1.57. The summed E-state index contributed by atoms with van der Waals surface area (Å²) in [5.41, 5.74) is 7.01. The molecule has 25 heavy (non-hydrogen) atoms. The van der Waals surface area contributed by atoms with Crippen molar-refractivity contribution in [2.24, 2.45) is 0 Å². The maximum atomic E-state index is 6.10. The van der Waals surface area contributed by atoms with Gasteiger partial charge in [0.05, 0.1) is 6.04 Å². The Morgan fingerprint density at radius 2 is 1.84 bits per heavy atom. The molecule has 0 radical (unpaired) electrons. The number of anilines is 3. The van der Waals surface area contributed by atoms with E-state index in [2.05, 4.69) is 37.7 Å². The highest BCUT2D eigenvalue weighted by atomic mass is 35.5. The van der Waals surface area contributed by atoms with Crippen molar-refractivity contribution in [3.05, 3.63) is 35.1 Å². The number of benzene rings is 1. The average Bonchev–Trinajstić information content (AvgIpc) is 2.60. The zero-order valence-corrected chi connectivity index (χ0v) is 15.6. The minimum Gasteiger partial charge on any atom is -0.369 e. The van der Waals surface area contributed by atoms with Crippen molar-refractivity contribution in [1.82, 2.24) is 19.9 Å². The molecule has 7 nitrogen and oxygen atoms in total. The maximum absolute atomic E-state index is 6.10. The first-order valence-electron chi connectivity index (χ1n) is 8.37. The Balaban J connectivity index is 1.68. The number of rotatable bonds is 4. The minimum absolute atomic E-state index is 0.0884. The van der Waals surface area contributed by atoms with Crippen LogP contribution in [0, 0.1) is 0 Å². The van der Waals surface area contributed by atoms with Crippen LogP contribution in [-0.4, -0.2) is 60.1 Å². The van der Waals surface area contributed by atoms with Crippen LogP contribution in [0.4, 0.5) is 17.6 Å². The third-order valence-corrected chi connectivity index (χ3v) is 4.70. The highest BCUT2D eigenvalue weighted by molar-refractivity contribution is 6.30. The van der Waals surface area contributed by atoms with Gasteiger partial charge in [-0.3, -0.25) is 4.90 Å². The summed E-state index contributed by atoms with van der Waals surface area (Å²) in [6.45, 7) is 5.84. The first-order chi connectivity index (χ1) is 11.9. The smallest absolute Gasteiger partial charge is 0.229 e. The molecule has 1 fully saturated rings. The van der Waals surface area contributed by atoms with Gasteiger partial charge in [0.2, 0.25) is 11.9 Å². The normalized spacial score (nSPS) is 16.7.